The maximum atomic E-state index is 11.2. The fraction of sp³-hybridized carbons (Fsp3) is 0.600. The summed E-state index contributed by atoms with van der Waals surface area (Å²) >= 11 is 1.16. The largest absolute Gasteiger partial charge is 0.324 e. The topological polar surface area (TPSA) is 72.2 Å². The van der Waals surface area contributed by atoms with Crippen LogP contribution in [0.1, 0.15) is 18.4 Å². The summed E-state index contributed by atoms with van der Waals surface area (Å²) < 4.78 is 11.2. The van der Waals surface area contributed by atoms with E-state index < -0.39 is 10.8 Å². The summed E-state index contributed by atoms with van der Waals surface area (Å²) in [4.78, 5) is 10.2. The van der Waals surface area contributed by atoms with Crippen LogP contribution in [0.5, 0.6) is 0 Å². The molecule has 0 aromatic carbocycles. The van der Waals surface area contributed by atoms with E-state index >= 15 is 0 Å². The molecule has 7 heteroatoms. The van der Waals surface area contributed by atoms with Crippen LogP contribution in [0.25, 0.3) is 0 Å². The van der Waals surface area contributed by atoms with Gasteiger partial charge in [0, 0.05) is 46.3 Å². The second kappa shape index (κ2) is 5.70. The molecule has 0 bridgehead atoms. The SMILES string of the molecule is O=[N+]([O-])c1cc(CNC2CCS(=O)CC2)cs1. The van der Waals surface area contributed by atoms with Crippen LogP contribution < -0.4 is 5.32 Å². The van der Waals surface area contributed by atoms with Gasteiger partial charge in [-0.1, -0.05) is 11.3 Å². The summed E-state index contributed by atoms with van der Waals surface area (Å²) in [6.45, 7) is 0.654. The number of hydrogen-bond donors (Lipinski definition) is 1. The summed E-state index contributed by atoms with van der Waals surface area (Å²) in [5.41, 5.74) is 0.952. The molecule has 1 aromatic rings. The minimum atomic E-state index is -0.638. The van der Waals surface area contributed by atoms with E-state index in [0.29, 0.717) is 12.6 Å². The molecule has 1 fully saturated rings. The van der Waals surface area contributed by atoms with Crippen LogP contribution >= 0.6 is 11.3 Å². The number of thiophene rings is 1. The molecule has 0 spiro atoms. The zero-order valence-electron chi connectivity index (χ0n) is 9.26. The van der Waals surface area contributed by atoms with E-state index in [0.717, 1.165) is 41.2 Å². The van der Waals surface area contributed by atoms with E-state index in [1.165, 1.54) is 0 Å². The number of nitrogens with zero attached hydrogens (tertiary/aromatic N) is 1. The van der Waals surface area contributed by atoms with Gasteiger partial charge in [0.25, 0.3) is 0 Å². The van der Waals surface area contributed by atoms with Gasteiger partial charge in [-0.25, -0.2) is 0 Å². The summed E-state index contributed by atoms with van der Waals surface area (Å²) in [5.74, 6) is 1.53. The van der Waals surface area contributed by atoms with Crippen LogP contribution in [0, 0.1) is 10.1 Å². The van der Waals surface area contributed by atoms with E-state index in [1.54, 1.807) is 6.07 Å². The zero-order chi connectivity index (χ0) is 12.3. The van der Waals surface area contributed by atoms with Crippen molar-refractivity contribution in [2.24, 2.45) is 0 Å². The molecule has 1 aliphatic heterocycles. The molecule has 1 aromatic heterocycles. The number of hydrogen-bond acceptors (Lipinski definition) is 5. The maximum Gasteiger partial charge on any atom is 0.324 e. The highest BCUT2D eigenvalue weighted by Crippen LogP contribution is 2.22. The average Bonchev–Trinajstić information content (AvgIpc) is 2.77. The third kappa shape index (κ3) is 3.58. The van der Waals surface area contributed by atoms with Crippen molar-refractivity contribution in [3.63, 3.8) is 0 Å². The van der Waals surface area contributed by atoms with Gasteiger partial charge in [-0.05, 0) is 18.4 Å². The van der Waals surface area contributed by atoms with Gasteiger partial charge in [0.2, 0.25) is 0 Å². The Kier molecular flexibility index (Phi) is 4.25. The van der Waals surface area contributed by atoms with Crippen LogP contribution in [-0.4, -0.2) is 26.7 Å². The Morgan fingerprint density at radius 1 is 1.53 bits per heavy atom. The molecule has 1 saturated heterocycles. The van der Waals surface area contributed by atoms with Crippen LogP contribution in [0.15, 0.2) is 11.4 Å². The van der Waals surface area contributed by atoms with Crippen molar-refractivity contribution in [1.82, 2.24) is 5.32 Å². The standard InChI is InChI=1S/C10H14N2O3S2/c13-12(14)10-5-8(7-16-10)6-11-9-1-3-17(15)4-2-9/h5,7,9,11H,1-4,6H2. The van der Waals surface area contributed by atoms with E-state index in [9.17, 15) is 14.3 Å². The van der Waals surface area contributed by atoms with E-state index in [2.05, 4.69) is 5.32 Å². The monoisotopic (exact) mass is 274 g/mol. The first-order chi connectivity index (χ1) is 8.15. The van der Waals surface area contributed by atoms with Gasteiger partial charge in [0.1, 0.15) is 0 Å². The van der Waals surface area contributed by atoms with E-state index in [-0.39, 0.29) is 9.92 Å². The highest BCUT2D eigenvalue weighted by atomic mass is 32.2. The third-order valence-corrected chi connectivity index (χ3v) is 5.11. The Hall–Kier alpha value is -0.790. The molecule has 0 unspecified atom stereocenters. The Labute approximate surface area is 106 Å². The van der Waals surface area contributed by atoms with Gasteiger partial charge < -0.3 is 5.32 Å². The molecule has 0 aliphatic carbocycles. The Morgan fingerprint density at radius 3 is 2.82 bits per heavy atom. The van der Waals surface area contributed by atoms with Gasteiger partial charge in [-0.3, -0.25) is 14.3 Å². The normalized spacial score (nSPS) is 24.7. The van der Waals surface area contributed by atoms with E-state index in [4.69, 9.17) is 0 Å². The summed E-state index contributed by atoms with van der Waals surface area (Å²) in [6.07, 6.45) is 1.86. The molecule has 1 N–H and O–H groups in total. The first kappa shape index (κ1) is 12.7. The number of nitrogens with one attached hydrogen (secondary N) is 1. The molecular weight excluding hydrogens is 260 g/mol. The van der Waals surface area contributed by atoms with Crippen molar-refractivity contribution in [2.45, 2.75) is 25.4 Å². The predicted molar refractivity (Wildman–Crippen MR) is 68.7 cm³/mol. The number of nitro groups is 1. The molecule has 17 heavy (non-hydrogen) atoms. The molecule has 2 heterocycles. The predicted octanol–water partition coefficient (Wildman–Crippen LogP) is 1.66. The smallest absolute Gasteiger partial charge is 0.310 e. The first-order valence-electron chi connectivity index (χ1n) is 5.45. The van der Waals surface area contributed by atoms with Crippen molar-refractivity contribution in [3.05, 3.63) is 27.1 Å². The minimum absolute atomic E-state index is 0.187. The first-order valence-corrected chi connectivity index (χ1v) is 7.82. The van der Waals surface area contributed by atoms with Gasteiger partial charge in [0.15, 0.2) is 0 Å². The molecular formula is C10H14N2O3S2. The second-order valence-electron chi connectivity index (χ2n) is 4.05. The van der Waals surface area contributed by atoms with Crippen LogP contribution in [0.4, 0.5) is 5.00 Å². The summed E-state index contributed by atoms with van der Waals surface area (Å²) in [6, 6.07) is 2.00. The molecule has 0 saturated carbocycles. The molecule has 94 valence electrons. The minimum Gasteiger partial charge on any atom is -0.310 e. The quantitative estimate of drug-likeness (QED) is 0.669. The van der Waals surface area contributed by atoms with Crippen molar-refractivity contribution in [3.8, 4) is 0 Å². The zero-order valence-corrected chi connectivity index (χ0v) is 10.9. The average molecular weight is 274 g/mol. The molecule has 0 atom stereocenters. The summed E-state index contributed by atoms with van der Waals surface area (Å²) in [7, 11) is -0.638. The lowest BCUT2D eigenvalue weighted by atomic mass is 10.1. The van der Waals surface area contributed by atoms with Gasteiger partial charge in [-0.15, -0.1) is 0 Å². The van der Waals surface area contributed by atoms with Crippen LogP contribution in [0.2, 0.25) is 0 Å². The molecule has 5 nitrogen and oxygen atoms in total. The lowest BCUT2D eigenvalue weighted by Gasteiger charge is -2.22. The highest BCUT2D eigenvalue weighted by Gasteiger charge is 2.17. The Bertz CT molecular complexity index is 423. The van der Waals surface area contributed by atoms with Gasteiger partial charge in [-0.2, -0.15) is 0 Å². The Balaban J connectivity index is 1.81. The lowest BCUT2D eigenvalue weighted by molar-refractivity contribution is -0.380. The Morgan fingerprint density at radius 2 is 2.24 bits per heavy atom. The molecule has 0 amide bonds. The van der Waals surface area contributed by atoms with Crippen molar-refractivity contribution >= 4 is 27.1 Å². The number of rotatable bonds is 4. The fourth-order valence-electron chi connectivity index (χ4n) is 1.81. The third-order valence-electron chi connectivity index (χ3n) is 2.80. The van der Waals surface area contributed by atoms with Crippen LogP contribution in [-0.2, 0) is 17.3 Å². The van der Waals surface area contributed by atoms with Gasteiger partial charge in [0.05, 0.1) is 4.92 Å². The van der Waals surface area contributed by atoms with Crippen molar-refractivity contribution in [1.29, 1.82) is 0 Å². The van der Waals surface area contributed by atoms with E-state index in [1.807, 2.05) is 5.38 Å². The molecule has 2 rings (SSSR count). The maximum absolute atomic E-state index is 11.2. The molecule has 1 aliphatic rings. The van der Waals surface area contributed by atoms with Crippen molar-refractivity contribution in [2.75, 3.05) is 11.5 Å². The lowest BCUT2D eigenvalue weighted by Crippen LogP contribution is -2.35. The second-order valence-corrected chi connectivity index (χ2v) is 6.64. The van der Waals surface area contributed by atoms with Crippen molar-refractivity contribution < 1.29 is 9.13 Å². The summed E-state index contributed by atoms with van der Waals surface area (Å²) in [5, 5.41) is 15.9. The molecule has 0 radical (unpaired) electrons. The highest BCUT2D eigenvalue weighted by molar-refractivity contribution is 7.85. The van der Waals surface area contributed by atoms with Crippen LogP contribution in [0.3, 0.4) is 0 Å². The fourth-order valence-corrected chi connectivity index (χ4v) is 3.84. The van der Waals surface area contributed by atoms with Gasteiger partial charge >= 0.3 is 5.00 Å².